The lowest BCUT2D eigenvalue weighted by atomic mass is 10.0. The van der Waals surface area contributed by atoms with Crippen molar-refractivity contribution in [2.75, 3.05) is 20.0 Å². The highest BCUT2D eigenvalue weighted by Crippen LogP contribution is 2.33. The summed E-state index contributed by atoms with van der Waals surface area (Å²) in [6.07, 6.45) is 1.47. The molecule has 2 aromatic rings. The summed E-state index contributed by atoms with van der Waals surface area (Å²) in [5.41, 5.74) is 0.513. The monoisotopic (exact) mass is 362 g/mol. The minimum atomic E-state index is -3.92. The summed E-state index contributed by atoms with van der Waals surface area (Å²) in [6, 6.07) is 8.64. The third-order valence-corrected chi connectivity index (χ3v) is 5.64. The zero-order valence-electron chi connectivity index (χ0n) is 13.6. The molecule has 1 aliphatic heterocycles. The summed E-state index contributed by atoms with van der Waals surface area (Å²) in [5, 5.41) is 0. The quantitative estimate of drug-likeness (QED) is 0.786. The van der Waals surface area contributed by atoms with Crippen LogP contribution < -0.4 is 9.47 Å². The Morgan fingerprint density at radius 3 is 2.48 bits per heavy atom. The van der Waals surface area contributed by atoms with Crippen molar-refractivity contribution < 1.29 is 27.1 Å². The Morgan fingerprint density at radius 2 is 1.80 bits per heavy atom. The van der Waals surface area contributed by atoms with Crippen LogP contribution in [-0.2, 0) is 9.84 Å². The predicted octanol–water partition coefficient (Wildman–Crippen LogP) is 2.90. The van der Waals surface area contributed by atoms with Crippen molar-refractivity contribution in [2.45, 2.75) is 4.90 Å². The average Bonchev–Trinajstić information content (AvgIpc) is 2.58. The second-order valence-electron chi connectivity index (χ2n) is 5.49. The van der Waals surface area contributed by atoms with E-state index >= 15 is 0 Å². The maximum atomic E-state index is 13.9. The van der Waals surface area contributed by atoms with Gasteiger partial charge in [-0.05, 0) is 35.9 Å². The molecule has 0 aromatic heterocycles. The van der Waals surface area contributed by atoms with E-state index in [9.17, 15) is 17.6 Å². The lowest BCUT2D eigenvalue weighted by molar-refractivity contribution is 0.103. The number of sulfone groups is 1. The molecule has 0 aliphatic carbocycles. The number of halogens is 1. The standard InChI is InChI=1S/C18H15FO5S/c1-23-15-7-6-11(9-16(15)24-2)8-12-10-25(21,22)18-13(17(12)20)4-3-5-14(18)19/h3-9H,10H2,1-2H3/b12-8-. The van der Waals surface area contributed by atoms with E-state index in [-0.39, 0.29) is 11.1 Å². The number of ether oxygens (including phenoxy) is 2. The number of Topliss-reactive ketones (excluding diaryl/α,β-unsaturated/α-hetero) is 1. The first-order valence-electron chi connectivity index (χ1n) is 7.36. The van der Waals surface area contributed by atoms with Gasteiger partial charge in [0.15, 0.2) is 27.1 Å². The van der Waals surface area contributed by atoms with E-state index in [1.807, 2.05) is 0 Å². The lowest BCUT2D eigenvalue weighted by Gasteiger charge is -2.18. The van der Waals surface area contributed by atoms with Gasteiger partial charge in [0.2, 0.25) is 0 Å². The molecule has 0 N–H and O–H groups in total. The third kappa shape index (κ3) is 3.02. The summed E-state index contributed by atoms with van der Waals surface area (Å²) in [4.78, 5) is 12.1. The van der Waals surface area contributed by atoms with Crippen LogP contribution in [0.15, 0.2) is 46.9 Å². The van der Waals surface area contributed by atoms with Gasteiger partial charge in [0.25, 0.3) is 0 Å². The van der Waals surface area contributed by atoms with Crippen molar-refractivity contribution in [3.63, 3.8) is 0 Å². The Balaban J connectivity index is 2.11. The normalized spacial score (nSPS) is 17.2. The molecule has 0 fully saturated rings. The van der Waals surface area contributed by atoms with Crippen LogP contribution in [0.1, 0.15) is 15.9 Å². The molecule has 0 amide bonds. The molecule has 0 saturated heterocycles. The third-order valence-electron chi connectivity index (χ3n) is 3.91. The van der Waals surface area contributed by atoms with Gasteiger partial charge >= 0.3 is 0 Å². The number of benzene rings is 2. The SMILES string of the molecule is COc1ccc(/C=C2/CS(=O)(=O)c3c(F)cccc3C2=O)cc1OC. The van der Waals surface area contributed by atoms with Crippen molar-refractivity contribution in [1.29, 1.82) is 0 Å². The highest BCUT2D eigenvalue weighted by molar-refractivity contribution is 7.91. The summed E-state index contributed by atoms with van der Waals surface area (Å²) < 4.78 is 49.0. The maximum absolute atomic E-state index is 13.9. The predicted molar refractivity (Wildman–Crippen MR) is 90.3 cm³/mol. The molecule has 2 aromatic carbocycles. The van der Waals surface area contributed by atoms with E-state index in [2.05, 4.69) is 0 Å². The van der Waals surface area contributed by atoms with Crippen molar-refractivity contribution in [2.24, 2.45) is 0 Å². The molecule has 0 spiro atoms. The molecule has 0 atom stereocenters. The van der Waals surface area contributed by atoms with Crippen LogP contribution in [0.2, 0.25) is 0 Å². The fraction of sp³-hybridized carbons (Fsp3) is 0.167. The Hall–Kier alpha value is -2.67. The highest BCUT2D eigenvalue weighted by Gasteiger charge is 2.35. The number of hydrogen-bond donors (Lipinski definition) is 0. The van der Waals surface area contributed by atoms with Gasteiger partial charge in [0.05, 0.1) is 20.0 Å². The number of carbonyl (C=O) groups excluding carboxylic acids is 1. The van der Waals surface area contributed by atoms with E-state index in [1.165, 1.54) is 32.4 Å². The first-order chi connectivity index (χ1) is 11.9. The van der Waals surface area contributed by atoms with E-state index in [4.69, 9.17) is 9.47 Å². The first-order valence-corrected chi connectivity index (χ1v) is 9.01. The molecule has 1 heterocycles. The van der Waals surface area contributed by atoms with Gasteiger partial charge in [-0.2, -0.15) is 0 Å². The molecule has 7 heteroatoms. The van der Waals surface area contributed by atoms with Crippen LogP contribution in [0.4, 0.5) is 4.39 Å². The van der Waals surface area contributed by atoms with Crippen LogP contribution in [0.5, 0.6) is 11.5 Å². The molecule has 25 heavy (non-hydrogen) atoms. The Bertz CT molecular complexity index is 993. The second kappa shape index (κ2) is 6.33. The Morgan fingerprint density at radius 1 is 1.08 bits per heavy atom. The van der Waals surface area contributed by atoms with Crippen LogP contribution in [0.3, 0.4) is 0 Å². The largest absolute Gasteiger partial charge is 0.493 e. The molecule has 130 valence electrons. The molecular formula is C18H15FO5S. The second-order valence-corrected chi connectivity index (χ2v) is 7.42. The van der Waals surface area contributed by atoms with Gasteiger partial charge in [-0.1, -0.05) is 12.1 Å². The number of fused-ring (bicyclic) bond motifs is 1. The molecule has 0 saturated carbocycles. The van der Waals surface area contributed by atoms with E-state index < -0.39 is 32.1 Å². The van der Waals surface area contributed by atoms with Gasteiger partial charge in [0.1, 0.15) is 10.7 Å². The van der Waals surface area contributed by atoms with E-state index in [0.717, 1.165) is 6.07 Å². The first kappa shape index (κ1) is 17.2. The molecule has 3 rings (SSSR count). The van der Waals surface area contributed by atoms with E-state index in [1.54, 1.807) is 18.2 Å². The minimum absolute atomic E-state index is 0.0744. The molecule has 0 radical (unpaired) electrons. The zero-order valence-corrected chi connectivity index (χ0v) is 14.4. The lowest BCUT2D eigenvalue weighted by Crippen LogP contribution is -2.25. The van der Waals surface area contributed by atoms with Gasteiger partial charge in [-0.15, -0.1) is 0 Å². The van der Waals surface area contributed by atoms with Crippen molar-refractivity contribution >= 4 is 21.7 Å². The van der Waals surface area contributed by atoms with Gasteiger partial charge in [-0.3, -0.25) is 4.79 Å². The molecule has 0 unspecified atom stereocenters. The Labute approximate surface area is 144 Å². The number of rotatable bonds is 3. The summed E-state index contributed by atoms with van der Waals surface area (Å²) in [5.74, 6) is -0.988. The van der Waals surface area contributed by atoms with Gasteiger partial charge < -0.3 is 9.47 Å². The molecule has 1 aliphatic rings. The van der Waals surface area contributed by atoms with Crippen LogP contribution in [0.25, 0.3) is 6.08 Å². The van der Waals surface area contributed by atoms with Gasteiger partial charge in [0, 0.05) is 11.1 Å². The number of hydrogen-bond acceptors (Lipinski definition) is 5. The summed E-state index contributed by atoms with van der Waals surface area (Å²) in [6.45, 7) is 0. The van der Waals surface area contributed by atoms with Crippen molar-refractivity contribution in [3.05, 3.63) is 58.9 Å². The number of ketones is 1. The van der Waals surface area contributed by atoms with Crippen molar-refractivity contribution in [1.82, 2.24) is 0 Å². The van der Waals surface area contributed by atoms with E-state index in [0.29, 0.717) is 17.1 Å². The van der Waals surface area contributed by atoms with Crippen LogP contribution >= 0.6 is 0 Å². The minimum Gasteiger partial charge on any atom is -0.493 e. The van der Waals surface area contributed by atoms with Crippen molar-refractivity contribution in [3.8, 4) is 11.5 Å². The summed E-state index contributed by atoms with van der Waals surface area (Å²) >= 11 is 0. The molecular weight excluding hydrogens is 347 g/mol. The number of carbonyl (C=O) groups is 1. The fourth-order valence-electron chi connectivity index (χ4n) is 2.77. The highest BCUT2D eigenvalue weighted by atomic mass is 32.2. The van der Waals surface area contributed by atoms with Crippen LogP contribution in [0, 0.1) is 5.82 Å². The average molecular weight is 362 g/mol. The number of methoxy groups -OCH3 is 2. The zero-order chi connectivity index (χ0) is 18.2. The fourth-order valence-corrected chi connectivity index (χ4v) is 4.40. The Kier molecular flexibility index (Phi) is 4.34. The molecule has 0 bridgehead atoms. The molecule has 5 nitrogen and oxygen atoms in total. The smallest absolute Gasteiger partial charge is 0.191 e. The summed E-state index contributed by atoms with van der Waals surface area (Å²) in [7, 11) is -0.949. The topological polar surface area (TPSA) is 69.7 Å². The van der Waals surface area contributed by atoms with Crippen LogP contribution in [-0.4, -0.2) is 34.2 Å². The van der Waals surface area contributed by atoms with Gasteiger partial charge in [-0.25, -0.2) is 12.8 Å². The maximum Gasteiger partial charge on any atom is 0.191 e.